The minimum absolute atomic E-state index is 0.0507. The number of hydrogen-bond donors (Lipinski definition) is 3. The molecule has 5 heteroatoms. The van der Waals surface area contributed by atoms with Gasteiger partial charge in [-0.15, -0.1) is 0 Å². The lowest BCUT2D eigenvalue weighted by Crippen LogP contribution is -2.54. The van der Waals surface area contributed by atoms with Gasteiger partial charge < -0.3 is 24.8 Å². The number of aliphatic hydroxyl groups excluding tert-OH is 3. The van der Waals surface area contributed by atoms with Crippen LogP contribution in [0.5, 0.6) is 5.75 Å². The van der Waals surface area contributed by atoms with Crippen LogP contribution in [-0.4, -0.2) is 46.5 Å². The summed E-state index contributed by atoms with van der Waals surface area (Å²) in [5.41, 5.74) is 3.89. The fourth-order valence-corrected chi connectivity index (χ4v) is 4.09. The number of rotatable bonds is 6. The van der Waals surface area contributed by atoms with Crippen molar-refractivity contribution in [2.75, 3.05) is 6.61 Å². The third kappa shape index (κ3) is 4.91. The summed E-state index contributed by atoms with van der Waals surface area (Å²) in [5, 5.41) is 29.6. The first kappa shape index (κ1) is 20.3. The highest BCUT2D eigenvalue weighted by Crippen LogP contribution is 2.40. The monoisotopic (exact) mass is 376 g/mol. The molecule has 1 aliphatic carbocycles. The maximum absolute atomic E-state index is 10.1. The van der Waals surface area contributed by atoms with Gasteiger partial charge in [0.05, 0.1) is 6.61 Å². The summed E-state index contributed by atoms with van der Waals surface area (Å²) in [6, 6.07) is 6.07. The van der Waals surface area contributed by atoms with Gasteiger partial charge in [0, 0.05) is 0 Å². The Kier molecular flexibility index (Phi) is 6.93. The average molecular weight is 376 g/mol. The summed E-state index contributed by atoms with van der Waals surface area (Å²) in [6.07, 6.45) is 4.43. The second-order valence-electron chi connectivity index (χ2n) is 7.99. The first-order valence-corrected chi connectivity index (χ1v) is 10.0. The molecule has 1 aliphatic heterocycles. The van der Waals surface area contributed by atoms with Gasteiger partial charge in [0.15, 0.2) is 0 Å². The van der Waals surface area contributed by atoms with Crippen LogP contribution in [0.25, 0.3) is 0 Å². The van der Waals surface area contributed by atoms with Gasteiger partial charge in [0.2, 0.25) is 6.29 Å². The Bertz CT molecular complexity index is 652. The molecule has 0 radical (unpaired) electrons. The van der Waals surface area contributed by atoms with Crippen LogP contribution in [-0.2, 0) is 11.2 Å². The van der Waals surface area contributed by atoms with Crippen LogP contribution >= 0.6 is 0 Å². The fraction of sp³-hybridized carbons (Fsp3) is 0.636. The maximum Gasteiger partial charge on any atom is 0.228 e. The van der Waals surface area contributed by atoms with E-state index in [1.165, 1.54) is 29.5 Å². The van der Waals surface area contributed by atoms with E-state index in [-0.39, 0.29) is 6.61 Å². The Morgan fingerprint density at radius 1 is 1.22 bits per heavy atom. The zero-order chi connectivity index (χ0) is 19.4. The Balaban J connectivity index is 1.70. The van der Waals surface area contributed by atoms with E-state index in [0.717, 1.165) is 25.7 Å². The first-order chi connectivity index (χ1) is 13.0. The van der Waals surface area contributed by atoms with E-state index < -0.39 is 24.6 Å². The molecule has 27 heavy (non-hydrogen) atoms. The predicted octanol–water partition coefficient (Wildman–Crippen LogP) is 3.06. The summed E-state index contributed by atoms with van der Waals surface area (Å²) in [7, 11) is 0. The summed E-state index contributed by atoms with van der Waals surface area (Å²) >= 11 is 0. The van der Waals surface area contributed by atoms with Gasteiger partial charge >= 0.3 is 0 Å². The lowest BCUT2D eigenvalue weighted by Gasteiger charge is -2.36. The summed E-state index contributed by atoms with van der Waals surface area (Å²) in [6.45, 7) is 4.22. The van der Waals surface area contributed by atoms with Crippen LogP contribution < -0.4 is 4.74 Å². The Morgan fingerprint density at radius 2 is 2.04 bits per heavy atom. The highest BCUT2D eigenvalue weighted by atomic mass is 16.7. The number of unbranched alkanes of at least 4 members (excludes halogenated alkanes) is 1. The van der Waals surface area contributed by atoms with E-state index in [9.17, 15) is 15.3 Å². The van der Waals surface area contributed by atoms with E-state index in [1.807, 2.05) is 12.1 Å². The fourth-order valence-electron chi connectivity index (χ4n) is 4.09. The van der Waals surface area contributed by atoms with Gasteiger partial charge in [-0.1, -0.05) is 23.8 Å². The molecule has 0 spiro atoms. The van der Waals surface area contributed by atoms with Gasteiger partial charge in [0.25, 0.3) is 0 Å². The van der Waals surface area contributed by atoms with Crippen molar-refractivity contribution in [3.05, 3.63) is 41.0 Å². The summed E-state index contributed by atoms with van der Waals surface area (Å²) in [5.74, 6) is 1.25. The highest BCUT2D eigenvalue weighted by molar-refractivity contribution is 5.43. The van der Waals surface area contributed by atoms with Crippen molar-refractivity contribution < 1.29 is 24.8 Å². The first-order valence-electron chi connectivity index (χ1n) is 10.0. The average Bonchev–Trinajstić information content (AvgIpc) is 2.66. The molecule has 1 heterocycles. The van der Waals surface area contributed by atoms with E-state index >= 15 is 0 Å². The highest BCUT2D eigenvalue weighted by Gasteiger charge is 2.39. The lowest BCUT2D eigenvalue weighted by molar-refractivity contribution is -0.242. The zero-order valence-electron chi connectivity index (χ0n) is 16.3. The number of ether oxygens (including phenoxy) is 2. The molecule has 2 aliphatic rings. The topological polar surface area (TPSA) is 79.2 Å². The van der Waals surface area contributed by atoms with Crippen molar-refractivity contribution in [1.29, 1.82) is 0 Å². The third-order valence-corrected chi connectivity index (χ3v) is 5.60. The summed E-state index contributed by atoms with van der Waals surface area (Å²) in [4.78, 5) is 0. The summed E-state index contributed by atoms with van der Waals surface area (Å²) < 4.78 is 11.3. The second-order valence-corrected chi connectivity index (χ2v) is 7.99. The van der Waals surface area contributed by atoms with Crippen LogP contribution in [0, 0.1) is 0 Å². The standard InChI is InChI=1S/C22H32O5/c1-14(2)7-3-4-8-15-9-5-11-17-16(15)10-6-12-19(17)27-22-21(25)20(24)18(23)13-26-22/h6-7,10,12,15,18,20-25H,3-5,8-9,11,13H2,1-2H3/t15?,18-,20-,21+,22+/m0/s1. The van der Waals surface area contributed by atoms with Crippen molar-refractivity contribution in [2.45, 2.75) is 82.9 Å². The molecule has 3 N–H and O–H groups in total. The van der Waals surface area contributed by atoms with E-state index in [4.69, 9.17) is 9.47 Å². The van der Waals surface area contributed by atoms with Gasteiger partial charge in [-0.2, -0.15) is 0 Å². The SMILES string of the molecule is CC(C)=CCCCC1CCCc2c(O[C@H]3OC[C@H](O)[C@H](O)[C@H]3O)cccc21. The van der Waals surface area contributed by atoms with E-state index in [2.05, 4.69) is 26.0 Å². The number of benzene rings is 1. The lowest BCUT2D eigenvalue weighted by atomic mass is 9.80. The quantitative estimate of drug-likeness (QED) is 0.525. The molecule has 0 aromatic heterocycles. The van der Waals surface area contributed by atoms with Gasteiger partial charge in [0.1, 0.15) is 24.1 Å². The van der Waals surface area contributed by atoms with Crippen LogP contribution in [0.4, 0.5) is 0 Å². The molecule has 1 aromatic carbocycles. The zero-order valence-corrected chi connectivity index (χ0v) is 16.3. The molecule has 1 unspecified atom stereocenters. The molecule has 1 aromatic rings. The molecule has 1 saturated heterocycles. The Morgan fingerprint density at radius 3 is 2.81 bits per heavy atom. The van der Waals surface area contributed by atoms with Gasteiger partial charge in [-0.3, -0.25) is 0 Å². The van der Waals surface area contributed by atoms with Gasteiger partial charge in [-0.25, -0.2) is 0 Å². The molecule has 1 fully saturated rings. The smallest absolute Gasteiger partial charge is 0.228 e. The Labute approximate surface area is 161 Å². The minimum atomic E-state index is -1.27. The van der Waals surface area contributed by atoms with Crippen molar-refractivity contribution >= 4 is 0 Å². The van der Waals surface area contributed by atoms with Crippen LogP contribution in [0.1, 0.15) is 63.0 Å². The van der Waals surface area contributed by atoms with Crippen molar-refractivity contribution in [3.63, 3.8) is 0 Å². The molecule has 5 nitrogen and oxygen atoms in total. The molecule has 0 saturated carbocycles. The second kappa shape index (κ2) is 9.20. The molecule has 0 amide bonds. The van der Waals surface area contributed by atoms with Crippen LogP contribution in [0.15, 0.2) is 29.8 Å². The third-order valence-electron chi connectivity index (χ3n) is 5.60. The number of allylic oxidation sites excluding steroid dienone is 2. The van der Waals surface area contributed by atoms with E-state index in [0.29, 0.717) is 11.7 Å². The molecular formula is C22H32O5. The normalized spacial score (nSPS) is 30.5. The predicted molar refractivity (Wildman–Crippen MR) is 104 cm³/mol. The minimum Gasteiger partial charge on any atom is -0.462 e. The molecular weight excluding hydrogens is 344 g/mol. The molecule has 150 valence electrons. The molecule has 0 bridgehead atoms. The Hall–Kier alpha value is -1.40. The van der Waals surface area contributed by atoms with E-state index in [1.54, 1.807) is 0 Å². The van der Waals surface area contributed by atoms with Gasteiger partial charge in [-0.05, 0) is 75.5 Å². The number of hydrogen-bond acceptors (Lipinski definition) is 5. The maximum atomic E-state index is 10.1. The van der Waals surface area contributed by atoms with Crippen LogP contribution in [0.3, 0.4) is 0 Å². The van der Waals surface area contributed by atoms with Crippen molar-refractivity contribution in [1.82, 2.24) is 0 Å². The van der Waals surface area contributed by atoms with Crippen molar-refractivity contribution in [3.8, 4) is 5.75 Å². The molecule has 5 atom stereocenters. The largest absolute Gasteiger partial charge is 0.462 e. The van der Waals surface area contributed by atoms with Crippen LogP contribution in [0.2, 0.25) is 0 Å². The number of fused-ring (bicyclic) bond motifs is 1. The number of aliphatic hydroxyl groups is 3. The molecule has 3 rings (SSSR count). The van der Waals surface area contributed by atoms with Crippen molar-refractivity contribution in [2.24, 2.45) is 0 Å².